The van der Waals surface area contributed by atoms with E-state index in [1.165, 1.54) is 0 Å². The molecule has 4 nitrogen and oxygen atoms in total. The summed E-state index contributed by atoms with van der Waals surface area (Å²) < 4.78 is -0.605. The smallest absolute Gasteiger partial charge is 0.240 e. The number of halogens is 1. The van der Waals surface area contributed by atoms with Crippen LogP contribution in [0.3, 0.4) is 0 Å². The lowest BCUT2D eigenvalue weighted by atomic mass is 10.1. The minimum absolute atomic E-state index is 0.0541. The van der Waals surface area contributed by atoms with Crippen molar-refractivity contribution in [1.29, 1.82) is 0 Å². The van der Waals surface area contributed by atoms with Gasteiger partial charge in [0.1, 0.15) is 0 Å². The molecule has 0 aliphatic heterocycles. The zero-order valence-electron chi connectivity index (χ0n) is 11.7. The third-order valence-corrected chi connectivity index (χ3v) is 2.97. The number of carbonyl (C=O) groups is 2. The SMILES string of the molecule is CN(C)C(=O)Cc1ccc(NC(=O)C(C)(C)Br)cc1. The molecular formula is C14H19BrN2O2. The monoisotopic (exact) mass is 326 g/mol. The van der Waals surface area contributed by atoms with Gasteiger partial charge in [-0.1, -0.05) is 28.1 Å². The molecular weight excluding hydrogens is 308 g/mol. The van der Waals surface area contributed by atoms with Crippen LogP contribution >= 0.6 is 15.9 Å². The van der Waals surface area contributed by atoms with E-state index in [0.29, 0.717) is 6.42 Å². The Morgan fingerprint density at radius 3 is 2.16 bits per heavy atom. The van der Waals surface area contributed by atoms with Gasteiger partial charge in [-0.25, -0.2) is 0 Å². The maximum Gasteiger partial charge on any atom is 0.240 e. The Bertz CT molecular complexity index is 461. The van der Waals surface area contributed by atoms with Crippen molar-refractivity contribution in [3.8, 4) is 0 Å². The van der Waals surface area contributed by atoms with Crippen LogP contribution in [-0.2, 0) is 16.0 Å². The number of carbonyl (C=O) groups excluding carboxylic acids is 2. The van der Waals surface area contributed by atoms with Crippen LogP contribution in [0, 0.1) is 0 Å². The molecule has 19 heavy (non-hydrogen) atoms. The van der Waals surface area contributed by atoms with E-state index < -0.39 is 4.32 Å². The number of nitrogens with zero attached hydrogens (tertiary/aromatic N) is 1. The van der Waals surface area contributed by atoms with Gasteiger partial charge in [0.05, 0.1) is 10.7 Å². The Morgan fingerprint density at radius 2 is 1.74 bits per heavy atom. The van der Waals surface area contributed by atoms with Crippen LogP contribution < -0.4 is 5.32 Å². The summed E-state index contributed by atoms with van der Waals surface area (Å²) in [6.45, 7) is 3.57. The number of likely N-dealkylation sites (N-methyl/N-ethyl adjacent to an activating group) is 1. The molecule has 0 saturated carbocycles. The van der Waals surface area contributed by atoms with Crippen molar-refractivity contribution < 1.29 is 9.59 Å². The molecule has 1 N–H and O–H groups in total. The van der Waals surface area contributed by atoms with E-state index in [-0.39, 0.29) is 11.8 Å². The molecule has 0 radical (unpaired) electrons. The molecule has 0 fully saturated rings. The minimum Gasteiger partial charge on any atom is -0.349 e. The van der Waals surface area contributed by atoms with Crippen molar-refractivity contribution in [2.45, 2.75) is 24.6 Å². The zero-order chi connectivity index (χ0) is 14.6. The largest absolute Gasteiger partial charge is 0.349 e. The molecule has 0 spiro atoms. The molecule has 0 saturated heterocycles. The summed E-state index contributed by atoms with van der Waals surface area (Å²) in [5, 5.41) is 2.80. The van der Waals surface area contributed by atoms with Crippen LogP contribution in [0.1, 0.15) is 19.4 Å². The fourth-order valence-electron chi connectivity index (χ4n) is 1.32. The van der Waals surface area contributed by atoms with Crippen molar-refractivity contribution >= 4 is 33.4 Å². The van der Waals surface area contributed by atoms with Gasteiger partial charge in [-0.2, -0.15) is 0 Å². The predicted molar refractivity (Wildman–Crippen MR) is 80.5 cm³/mol. The highest BCUT2D eigenvalue weighted by Gasteiger charge is 2.23. The summed E-state index contributed by atoms with van der Waals surface area (Å²) in [5.74, 6) is -0.0528. The molecule has 1 aromatic carbocycles. The highest BCUT2D eigenvalue weighted by molar-refractivity contribution is 9.10. The van der Waals surface area contributed by atoms with E-state index in [1.54, 1.807) is 45.0 Å². The van der Waals surface area contributed by atoms with Gasteiger partial charge in [0.15, 0.2) is 0 Å². The average molecular weight is 327 g/mol. The number of anilines is 1. The second-order valence-corrected chi connectivity index (χ2v) is 7.07. The third kappa shape index (κ3) is 5.03. The second-order valence-electron chi connectivity index (χ2n) is 5.09. The van der Waals surface area contributed by atoms with E-state index in [2.05, 4.69) is 21.2 Å². The van der Waals surface area contributed by atoms with Crippen LogP contribution in [0.2, 0.25) is 0 Å². The van der Waals surface area contributed by atoms with Crippen molar-refractivity contribution in [2.75, 3.05) is 19.4 Å². The number of hydrogen-bond donors (Lipinski definition) is 1. The summed E-state index contributed by atoms with van der Waals surface area (Å²) in [6, 6.07) is 7.29. The number of alkyl halides is 1. The highest BCUT2D eigenvalue weighted by atomic mass is 79.9. The lowest BCUT2D eigenvalue weighted by molar-refractivity contribution is -0.128. The summed E-state index contributed by atoms with van der Waals surface area (Å²) in [7, 11) is 3.46. The molecule has 0 atom stereocenters. The Labute approximate surface area is 122 Å². The van der Waals surface area contributed by atoms with Gasteiger partial charge in [0, 0.05) is 19.8 Å². The van der Waals surface area contributed by atoms with E-state index in [0.717, 1.165) is 11.3 Å². The molecule has 0 unspecified atom stereocenters. The van der Waals surface area contributed by atoms with Crippen LogP contribution in [0.5, 0.6) is 0 Å². The highest BCUT2D eigenvalue weighted by Crippen LogP contribution is 2.19. The van der Waals surface area contributed by atoms with Gasteiger partial charge in [-0.05, 0) is 31.5 Å². The van der Waals surface area contributed by atoms with Gasteiger partial charge in [0.25, 0.3) is 0 Å². The standard InChI is InChI=1S/C14H19BrN2O2/c1-14(2,15)13(19)16-11-7-5-10(6-8-11)9-12(18)17(3)4/h5-8H,9H2,1-4H3,(H,16,19). The lowest BCUT2D eigenvalue weighted by Gasteiger charge is -2.16. The number of hydrogen-bond acceptors (Lipinski definition) is 2. The first kappa shape index (κ1) is 15.7. The second kappa shape index (κ2) is 6.19. The van der Waals surface area contributed by atoms with Gasteiger partial charge >= 0.3 is 0 Å². The number of rotatable bonds is 4. The van der Waals surface area contributed by atoms with Crippen molar-refractivity contribution in [3.63, 3.8) is 0 Å². The normalized spacial score (nSPS) is 11.0. The number of nitrogens with one attached hydrogen (secondary N) is 1. The maximum absolute atomic E-state index is 11.8. The van der Waals surface area contributed by atoms with Crippen LogP contribution in [-0.4, -0.2) is 35.1 Å². The molecule has 0 heterocycles. The maximum atomic E-state index is 11.8. The first-order chi connectivity index (χ1) is 8.70. The topological polar surface area (TPSA) is 49.4 Å². The fourth-order valence-corrected chi connectivity index (χ4v) is 1.42. The summed E-state index contributed by atoms with van der Waals surface area (Å²) in [5.41, 5.74) is 1.65. The first-order valence-electron chi connectivity index (χ1n) is 5.99. The molecule has 1 rings (SSSR count). The molecule has 1 aromatic rings. The average Bonchev–Trinajstić information content (AvgIpc) is 2.30. The predicted octanol–water partition coefficient (Wildman–Crippen LogP) is 2.43. The molecule has 0 aliphatic carbocycles. The van der Waals surface area contributed by atoms with E-state index >= 15 is 0 Å². The Morgan fingerprint density at radius 1 is 1.21 bits per heavy atom. The summed E-state index contributed by atoms with van der Waals surface area (Å²) in [6.07, 6.45) is 0.366. The van der Waals surface area contributed by atoms with Crippen LogP contribution in [0.25, 0.3) is 0 Å². The van der Waals surface area contributed by atoms with Gasteiger partial charge in [-0.3, -0.25) is 9.59 Å². The summed E-state index contributed by atoms with van der Waals surface area (Å²) in [4.78, 5) is 24.9. The number of benzene rings is 1. The van der Waals surface area contributed by atoms with E-state index in [1.807, 2.05) is 12.1 Å². The Kier molecular flexibility index (Phi) is 5.11. The van der Waals surface area contributed by atoms with Crippen molar-refractivity contribution in [3.05, 3.63) is 29.8 Å². The number of amides is 2. The molecule has 0 aromatic heterocycles. The third-order valence-electron chi connectivity index (χ3n) is 2.61. The van der Waals surface area contributed by atoms with Gasteiger partial charge in [0.2, 0.25) is 11.8 Å². The molecule has 0 bridgehead atoms. The van der Waals surface area contributed by atoms with Crippen LogP contribution in [0.15, 0.2) is 24.3 Å². The first-order valence-corrected chi connectivity index (χ1v) is 6.79. The fraction of sp³-hybridized carbons (Fsp3) is 0.429. The van der Waals surface area contributed by atoms with Crippen molar-refractivity contribution in [1.82, 2.24) is 4.90 Å². The minimum atomic E-state index is -0.605. The molecule has 0 aliphatic rings. The Hall–Kier alpha value is -1.36. The quantitative estimate of drug-likeness (QED) is 0.864. The molecule has 5 heteroatoms. The van der Waals surface area contributed by atoms with E-state index in [4.69, 9.17) is 0 Å². The van der Waals surface area contributed by atoms with Crippen molar-refractivity contribution in [2.24, 2.45) is 0 Å². The van der Waals surface area contributed by atoms with E-state index in [9.17, 15) is 9.59 Å². The summed E-state index contributed by atoms with van der Waals surface area (Å²) >= 11 is 3.30. The van der Waals surface area contributed by atoms with Crippen LogP contribution in [0.4, 0.5) is 5.69 Å². The molecule has 2 amide bonds. The van der Waals surface area contributed by atoms with Gasteiger partial charge in [-0.15, -0.1) is 0 Å². The zero-order valence-corrected chi connectivity index (χ0v) is 13.2. The molecule has 104 valence electrons. The Balaban J connectivity index is 2.67. The van der Waals surface area contributed by atoms with Gasteiger partial charge < -0.3 is 10.2 Å². The lowest BCUT2D eigenvalue weighted by Crippen LogP contribution is -2.30.